The molecule has 0 bridgehead atoms. The largest absolute Gasteiger partial charge is 0.321 e. The van der Waals surface area contributed by atoms with Crippen LogP contribution in [0.4, 0.5) is 0 Å². The third-order valence-electron chi connectivity index (χ3n) is 4.48. The van der Waals surface area contributed by atoms with E-state index in [1.165, 1.54) is 16.7 Å². The van der Waals surface area contributed by atoms with Crippen molar-refractivity contribution in [2.75, 3.05) is 20.6 Å². The van der Waals surface area contributed by atoms with E-state index < -0.39 is 0 Å². The average molecular weight is 293 g/mol. The second-order valence-electron chi connectivity index (χ2n) is 6.98. The van der Waals surface area contributed by atoms with Crippen molar-refractivity contribution in [3.63, 3.8) is 0 Å². The zero-order valence-electron chi connectivity index (χ0n) is 15.3. The van der Waals surface area contributed by atoms with Gasteiger partial charge in [-0.05, 0) is 52.6 Å². The minimum atomic E-state index is -0.0255. The normalized spacial score (nSPS) is 15.9. The highest BCUT2D eigenvalue weighted by Gasteiger charge is 2.17. The highest BCUT2D eigenvalue weighted by Crippen LogP contribution is 2.26. The van der Waals surface area contributed by atoms with Gasteiger partial charge in [-0.15, -0.1) is 0 Å². The van der Waals surface area contributed by atoms with E-state index in [1.54, 1.807) is 0 Å². The molecular weight excluding hydrogens is 256 g/mol. The van der Waals surface area contributed by atoms with Crippen molar-refractivity contribution in [1.29, 1.82) is 0 Å². The Hall–Kier alpha value is -0.860. The molecule has 2 heteroatoms. The molecule has 0 radical (unpaired) electrons. The molecule has 0 rings (SSSR count). The molecule has 0 heterocycles. The molecule has 0 aliphatic rings. The summed E-state index contributed by atoms with van der Waals surface area (Å²) in [6.07, 6.45) is 2.10. The van der Waals surface area contributed by atoms with E-state index in [-0.39, 0.29) is 6.04 Å². The van der Waals surface area contributed by atoms with Gasteiger partial charge in [0.1, 0.15) is 0 Å². The van der Waals surface area contributed by atoms with E-state index in [0.717, 1.165) is 25.0 Å². The first-order valence-corrected chi connectivity index (χ1v) is 8.00. The van der Waals surface area contributed by atoms with Gasteiger partial charge >= 0.3 is 0 Å². The molecule has 2 atom stereocenters. The summed E-state index contributed by atoms with van der Waals surface area (Å²) in [7, 11) is 4.20. The predicted octanol–water partition coefficient (Wildman–Crippen LogP) is 4.40. The summed E-state index contributed by atoms with van der Waals surface area (Å²) in [5.41, 5.74) is 11.4. The lowest BCUT2D eigenvalue weighted by molar-refractivity contribution is 0.409. The van der Waals surface area contributed by atoms with Crippen molar-refractivity contribution in [2.45, 2.75) is 53.5 Å². The molecule has 0 spiro atoms. The number of nitrogens with zero attached hydrogens (tertiary/aromatic N) is 1. The highest BCUT2D eigenvalue weighted by atomic mass is 15.0. The third kappa shape index (κ3) is 7.10. The van der Waals surface area contributed by atoms with Crippen LogP contribution in [0.2, 0.25) is 0 Å². The van der Waals surface area contributed by atoms with E-state index in [4.69, 9.17) is 5.73 Å². The van der Waals surface area contributed by atoms with Gasteiger partial charge in [0.15, 0.2) is 0 Å². The van der Waals surface area contributed by atoms with Crippen molar-refractivity contribution in [3.05, 3.63) is 35.5 Å². The summed E-state index contributed by atoms with van der Waals surface area (Å²) >= 11 is 0. The maximum atomic E-state index is 6.34. The molecule has 21 heavy (non-hydrogen) atoms. The molecule has 0 saturated carbocycles. The predicted molar refractivity (Wildman–Crippen MR) is 96.4 cm³/mol. The zero-order chi connectivity index (χ0) is 16.7. The van der Waals surface area contributed by atoms with Crippen molar-refractivity contribution in [3.8, 4) is 0 Å². The molecule has 122 valence electrons. The Morgan fingerprint density at radius 1 is 1.05 bits per heavy atom. The Kier molecular flexibility index (Phi) is 8.84. The first-order chi connectivity index (χ1) is 9.57. The van der Waals surface area contributed by atoms with E-state index in [0.29, 0.717) is 11.8 Å². The molecule has 1 unspecified atom stereocenters. The van der Waals surface area contributed by atoms with E-state index in [9.17, 15) is 0 Å². The number of hydrogen-bond donors (Lipinski definition) is 1. The lowest BCUT2D eigenvalue weighted by Crippen LogP contribution is -2.27. The van der Waals surface area contributed by atoms with Crippen LogP contribution < -0.4 is 5.73 Å². The summed E-state index contributed by atoms with van der Waals surface area (Å²) in [6.45, 7) is 20.3. The maximum absolute atomic E-state index is 6.34. The molecule has 0 aromatic rings. The van der Waals surface area contributed by atoms with Gasteiger partial charge in [0.2, 0.25) is 0 Å². The Morgan fingerprint density at radius 3 is 2.00 bits per heavy atom. The van der Waals surface area contributed by atoms with Gasteiger partial charge in [-0.1, -0.05) is 56.2 Å². The van der Waals surface area contributed by atoms with Crippen LogP contribution in [0.5, 0.6) is 0 Å². The van der Waals surface area contributed by atoms with Gasteiger partial charge in [0, 0.05) is 12.6 Å². The Bertz CT molecular complexity index is 388. The molecule has 2 N–H and O–H groups in total. The molecule has 0 aromatic heterocycles. The molecule has 0 aromatic carbocycles. The fourth-order valence-electron chi connectivity index (χ4n) is 2.34. The van der Waals surface area contributed by atoms with Crippen LogP contribution in [0.25, 0.3) is 0 Å². The summed E-state index contributed by atoms with van der Waals surface area (Å²) in [4.78, 5) is 2.20. The van der Waals surface area contributed by atoms with Crippen LogP contribution in [0.15, 0.2) is 35.5 Å². The summed E-state index contributed by atoms with van der Waals surface area (Å²) in [5, 5.41) is 0. The molecule has 0 aliphatic heterocycles. The van der Waals surface area contributed by atoms with Crippen LogP contribution in [-0.4, -0.2) is 31.6 Å². The number of allylic oxidation sites excluding steroid dienone is 1. The highest BCUT2D eigenvalue weighted by molar-refractivity contribution is 5.28. The maximum Gasteiger partial charge on any atom is 0.0469 e. The minimum Gasteiger partial charge on any atom is -0.321 e. The number of rotatable bonds is 9. The first-order valence-electron chi connectivity index (χ1n) is 8.00. The Labute approximate surface area is 132 Å². The standard InChI is InChI=1S/C19H36N2/c1-13(2)16(5)19(20)18(7)17(6)15(4)12-14(3)10-11-21(8)9/h13,15,19H,3,5,10-12,20H2,1-2,4,6-9H3/b18-17+/t15-,19?/m1/s1. The number of hydrogen-bond acceptors (Lipinski definition) is 2. The Balaban J connectivity index is 4.73. The SMILES string of the molecule is C=C(CCN(C)C)C[C@@H](C)/C(C)=C(\C)C(N)C(=C)C(C)C. The molecular formula is C19H36N2. The van der Waals surface area contributed by atoms with E-state index in [1.807, 2.05) is 0 Å². The Morgan fingerprint density at radius 2 is 1.57 bits per heavy atom. The van der Waals surface area contributed by atoms with Crippen molar-refractivity contribution in [1.82, 2.24) is 4.90 Å². The minimum absolute atomic E-state index is 0.0255. The summed E-state index contributed by atoms with van der Waals surface area (Å²) in [6, 6.07) is -0.0255. The van der Waals surface area contributed by atoms with Crippen molar-refractivity contribution < 1.29 is 0 Å². The van der Waals surface area contributed by atoms with Crippen LogP contribution in [0, 0.1) is 11.8 Å². The lowest BCUT2D eigenvalue weighted by atomic mass is 9.85. The molecule has 0 amide bonds. The van der Waals surface area contributed by atoms with Gasteiger partial charge in [-0.25, -0.2) is 0 Å². The second-order valence-corrected chi connectivity index (χ2v) is 6.98. The quantitative estimate of drug-likeness (QED) is 0.638. The number of nitrogens with two attached hydrogens (primary N) is 1. The van der Waals surface area contributed by atoms with Gasteiger partial charge in [0.05, 0.1) is 0 Å². The van der Waals surface area contributed by atoms with Gasteiger partial charge < -0.3 is 10.6 Å². The monoisotopic (exact) mass is 292 g/mol. The van der Waals surface area contributed by atoms with E-state index >= 15 is 0 Å². The molecule has 0 aliphatic carbocycles. The topological polar surface area (TPSA) is 29.3 Å². The fourth-order valence-corrected chi connectivity index (χ4v) is 2.34. The molecule has 0 saturated heterocycles. The average Bonchev–Trinajstić information content (AvgIpc) is 2.41. The van der Waals surface area contributed by atoms with Crippen molar-refractivity contribution >= 4 is 0 Å². The van der Waals surface area contributed by atoms with Crippen LogP contribution >= 0.6 is 0 Å². The van der Waals surface area contributed by atoms with E-state index in [2.05, 4.69) is 66.8 Å². The zero-order valence-corrected chi connectivity index (χ0v) is 15.3. The van der Waals surface area contributed by atoms with Gasteiger partial charge in [0.25, 0.3) is 0 Å². The lowest BCUT2D eigenvalue weighted by Gasteiger charge is -2.24. The summed E-state index contributed by atoms with van der Waals surface area (Å²) in [5.74, 6) is 0.916. The van der Waals surface area contributed by atoms with Gasteiger partial charge in [-0.3, -0.25) is 0 Å². The third-order valence-corrected chi connectivity index (χ3v) is 4.48. The second kappa shape index (κ2) is 9.22. The molecule has 2 nitrogen and oxygen atoms in total. The summed E-state index contributed by atoms with van der Waals surface area (Å²) < 4.78 is 0. The fraction of sp³-hybridized carbons (Fsp3) is 0.684. The van der Waals surface area contributed by atoms with Crippen LogP contribution in [0.1, 0.15) is 47.5 Å². The first kappa shape index (κ1) is 20.1. The van der Waals surface area contributed by atoms with Crippen molar-refractivity contribution in [2.24, 2.45) is 17.6 Å². The molecule has 0 fully saturated rings. The van der Waals surface area contributed by atoms with Crippen LogP contribution in [0.3, 0.4) is 0 Å². The smallest absolute Gasteiger partial charge is 0.0469 e. The van der Waals surface area contributed by atoms with Crippen LogP contribution in [-0.2, 0) is 0 Å². The van der Waals surface area contributed by atoms with Gasteiger partial charge in [-0.2, -0.15) is 0 Å².